The molecule has 0 saturated heterocycles. The zero-order valence-corrected chi connectivity index (χ0v) is 7.89. The molecule has 0 aliphatic rings. The highest BCUT2D eigenvalue weighted by molar-refractivity contribution is 4.95. The van der Waals surface area contributed by atoms with Gasteiger partial charge in [0.2, 0.25) is 0 Å². The van der Waals surface area contributed by atoms with Crippen LogP contribution in [-0.4, -0.2) is 19.3 Å². The predicted molar refractivity (Wildman–Crippen MR) is 50.3 cm³/mol. The van der Waals surface area contributed by atoms with Gasteiger partial charge in [-0.25, -0.2) is 0 Å². The summed E-state index contributed by atoms with van der Waals surface area (Å²) >= 11 is 0. The third-order valence-corrected chi connectivity index (χ3v) is 1.55. The molecule has 3 nitrogen and oxygen atoms in total. The van der Waals surface area contributed by atoms with E-state index in [0.717, 1.165) is 19.4 Å². The smallest absolute Gasteiger partial charge is 0.0633 e. The molecule has 70 valence electrons. The zero-order valence-electron chi connectivity index (χ0n) is 7.89. The van der Waals surface area contributed by atoms with Crippen molar-refractivity contribution in [2.75, 3.05) is 13.2 Å². The van der Waals surface area contributed by atoms with Crippen LogP contribution in [0.3, 0.4) is 0 Å². The number of hydrazine groups is 1. The Balaban J connectivity index is 3.43. The van der Waals surface area contributed by atoms with E-state index in [2.05, 4.69) is 17.3 Å². The van der Waals surface area contributed by atoms with E-state index in [9.17, 15) is 0 Å². The van der Waals surface area contributed by atoms with E-state index in [4.69, 9.17) is 10.6 Å². The van der Waals surface area contributed by atoms with E-state index in [-0.39, 0.29) is 6.04 Å². The van der Waals surface area contributed by atoms with E-state index >= 15 is 0 Å². The Bertz CT molecular complexity index is 148. The highest BCUT2D eigenvalue weighted by atomic mass is 16.5. The van der Waals surface area contributed by atoms with Crippen LogP contribution in [0.15, 0.2) is 0 Å². The van der Waals surface area contributed by atoms with E-state index < -0.39 is 0 Å². The lowest BCUT2D eigenvalue weighted by Gasteiger charge is -2.13. The summed E-state index contributed by atoms with van der Waals surface area (Å²) in [6.07, 6.45) is 1.82. The van der Waals surface area contributed by atoms with Gasteiger partial charge in [0.15, 0.2) is 0 Å². The second-order valence-electron chi connectivity index (χ2n) is 2.49. The van der Waals surface area contributed by atoms with Crippen LogP contribution in [-0.2, 0) is 4.74 Å². The Morgan fingerprint density at radius 1 is 1.58 bits per heavy atom. The molecule has 0 aliphatic heterocycles. The lowest BCUT2D eigenvalue weighted by atomic mass is 10.2. The molecular formula is C9H18N2O. The molecule has 0 heterocycles. The number of rotatable bonds is 6. The largest absolute Gasteiger partial charge is 0.380 e. The van der Waals surface area contributed by atoms with Gasteiger partial charge in [0.05, 0.1) is 6.61 Å². The molecule has 0 amide bonds. The van der Waals surface area contributed by atoms with Crippen LogP contribution in [0.1, 0.15) is 26.7 Å². The van der Waals surface area contributed by atoms with Crippen LogP contribution in [0.25, 0.3) is 0 Å². The second kappa shape index (κ2) is 8.54. The first kappa shape index (κ1) is 11.4. The molecule has 0 rings (SSSR count). The highest BCUT2D eigenvalue weighted by Crippen LogP contribution is 1.95. The Morgan fingerprint density at radius 3 is 2.83 bits per heavy atom. The number of hydrogen-bond acceptors (Lipinski definition) is 3. The average Bonchev–Trinajstić information content (AvgIpc) is 2.11. The van der Waals surface area contributed by atoms with Crippen molar-refractivity contribution in [1.29, 1.82) is 0 Å². The van der Waals surface area contributed by atoms with Gasteiger partial charge in [-0.3, -0.25) is 11.3 Å². The van der Waals surface area contributed by atoms with Crippen LogP contribution < -0.4 is 11.3 Å². The van der Waals surface area contributed by atoms with Crippen LogP contribution in [0, 0.1) is 11.8 Å². The topological polar surface area (TPSA) is 47.3 Å². The molecule has 0 saturated carbocycles. The standard InChI is InChI=1S/C9H18N2O/c1-3-5-6-7-9(11-10)8-12-4-2/h9,11H,4,6-8,10H2,1-2H3. The van der Waals surface area contributed by atoms with Crippen molar-refractivity contribution in [3.05, 3.63) is 0 Å². The minimum absolute atomic E-state index is 0.228. The highest BCUT2D eigenvalue weighted by Gasteiger charge is 2.03. The molecule has 3 N–H and O–H groups in total. The third kappa shape index (κ3) is 6.17. The minimum Gasteiger partial charge on any atom is -0.380 e. The number of nitrogens with one attached hydrogen (secondary N) is 1. The van der Waals surface area contributed by atoms with Crippen LogP contribution in [0.2, 0.25) is 0 Å². The number of ether oxygens (including phenoxy) is 1. The maximum Gasteiger partial charge on any atom is 0.0633 e. The fourth-order valence-corrected chi connectivity index (χ4v) is 0.846. The first-order valence-corrected chi connectivity index (χ1v) is 4.28. The zero-order chi connectivity index (χ0) is 9.23. The van der Waals surface area contributed by atoms with Crippen molar-refractivity contribution in [2.45, 2.75) is 32.7 Å². The molecule has 3 heteroatoms. The number of nitrogens with two attached hydrogens (primary N) is 1. The van der Waals surface area contributed by atoms with Crippen molar-refractivity contribution in [3.8, 4) is 11.8 Å². The molecule has 0 radical (unpaired) electrons. The molecule has 0 aromatic rings. The molecule has 1 unspecified atom stereocenters. The lowest BCUT2D eigenvalue weighted by Crippen LogP contribution is -2.38. The molecule has 0 aromatic heterocycles. The average molecular weight is 170 g/mol. The van der Waals surface area contributed by atoms with Gasteiger partial charge in [0.25, 0.3) is 0 Å². The monoisotopic (exact) mass is 170 g/mol. The van der Waals surface area contributed by atoms with Crippen LogP contribution in [0.4, 0.5) is 0 Å². The van der Waals surface area contributed by atoms with Crippen molar-refractivity contribution >= 4 is 0 Å². The maximum atomic E-state index is 5.32. The lowest BCUT2D eigenvalue weighted by molar-refractivity contribution is 0.120. The van der Waals surface area contributed by atoms with E-state index in [1.807, 2.05) is 13.8 Å². The number of hydrogen-bond donors (Lipinski definition) is 2. The maximum absolute atomic E-state index is 5.32. The molecule has 0 bridgehead atoms. The second-order valence-corrected chi connectivity index (χ2v) is 2.49. The van der Waals surface area contributed by atoms with E-state index in [0.29, 0.717) is 6.61 Å². The summed E-state index contributed by atoms with van der Waals surface area (Å²) in [5.74, 6) is 11.1. The summed E-state index contributed by atoms with van der Waals surface area (Å²) in [5, 5.41) is 0. The van der Waals surface area contributed by atoms with Gasteiger partial charge in [-0.15, -0.1) is 11.8 Å². The van der Waals surface area contributed by atoms with Gasteiger partial charge in [0.1, 0.15) is 0 Å². The summed E-state index contributed by atoms with van der Waals surface area (Å²) in [6, 6.07) is 0.228. The van der Waals surface area contributed by atoms with Gasteiger partial charge in [-0.2, -0.15) is 0 Å². The summed E-state index contributed by atoms with van der Waals surface area (Å²) in [6.45, 7) is 5.21. The molecular weight excluding hydrogens is 152 g/mol. The molecule has 1 atom stereocenters. The van der Waals surface area contributed by atoms with Crippen molar-refractivity contribution in [1.82, 2.24) is 5.43 Å². The quantitative estimate of drug-likeness (QED) is 0.350. The van der Waals surface area contributed by atoms with E-state index in [1.165, 1.54) is 0 Å². The van der Waals surface area contributed by atoms with E-state index in [1.54, 1.807) is 0 Å². The first-order valence-electron chi connectivity index (χ1n) is 4.28. The minimum atomic E-state index is 0.228. The SMILES string of the molecule is CC#CCCC(COCC)NN. The van der Waals surface area contributed by atoms with Crippen LogP contribution >= 0.6 is 0 Å². The molecule has 0 fully saturated rings. The molecule has 0 aromatic carbocycles. The summed E-state index contributed by atoms with van der Waals surface area (Å²) in [5.41, 5.74) is 2.70. The molecule has 0 spiro atoms. The third-order valence-electron chi connectivity index (χ3n) is 1.55. The summed E-state index contributed by atoms with van der Waals surface area (Å²) < 4.78 is 5.23. The van der Waals surface area contributed by atoms with Crippen molar-refractivity contribution < 1.29 is 4.74 Å². The summed E-state index contributed by atoms with van der Waals surface area (Å²) in [7, 11) is 0. The van der Waals surface area contributed by atoms with Gasteiger partial charge in [-0.05, 0) is 20.3 Å². The normalized spacial score (nSPS) is 11.9. The van der Waals surface area contributed by atoms with Gasteiger partial charge < -0.3 is 4.74 Å². The fourth-order valence-electron chi connectivity index (χ4n) is 0.846. The van der Waals surface area contributed by atoms with Crippen LogP contribution in [0.5, 0.6) is 0 Å². The molecule has 12 heavy (non-hydrogen) atoms. The first-order chi connectivity index (χ1) is 5.85. The summed E-state index contributed by atoms with van der Waals surface area (Å²) in [4.78, 5) is 0. The van der Waals surface area contributed by atoms with Crippen molar-refractivity contribution in [2.24, 2.45) is 5.84 Å². The Labute approximate surface area is 74.6 Å². The predicted octanol–water partition coefficient (Wildman–Crippen LogP) is 0.658. The van der Waals surface area contributed by atoms with Gasteiger partial charge in [0, 0.05) is 19.1 Å². The van der Waals surface area contributed by atoms with Gasteiger partial charge >= 0.3 is 0 Å². The van der Waals surface area contributed by atoms with Crippen molar-refractivity contribution in [3.63, 3.8) is 0 Å². The Kier molecular flexibility index (Phi) is 8.14. The fraction of sp³-hybridized carbons (Fsp3) is 0.778. The van der Waals surface area contributed by atoms with Gasteiger partial charge in [-0.1, -0.05) is 0 Å². The Hall–Kier alpha value is -0.560. The Morgan fingerprint density at radius 2 is 2.33 bits per heavy atom. The molecule has 0 aliphatic carbocycles.